The number of rotatable bonds is 5. The Bertz CT molecular complexity index is 808. The van der Waals surface area contributed by atoms with Crippen LogP contribution in [0.25, 0.3) is 22.3 Å². The molecule has 3 rings (SSSR count). The second-order valence-corrected chi connectivity index (χ2v) is 5.61. The molecule has 0 bridgehead atoms. The third kappa shape index (κ3) is 2.88. The summed E-state index contributed by atoms with van der Waals surface area (Å²) in [6.07, 6.45) is 0.896. The molecule has 122 valence electrons. The fourth-order valence-corrected chi connectivity index (χ4v) is 3.11. The predicted octanol–water partition coefficient (Wildman–Crippen LogP) is 5.60. The van der Waals surface area contributed by atoms with Crippen LogP contribution in [0.2, 0.25) is 0 Å². The van der Waals surface area contributed by atoms with Gasteiger partial charge in [0.2, 0.25) is 0 Å². The Morgan fingerprint density at radius 2 is 1.25 bits per heavy atom. The molecule has 0 radical (unpaired) electrons. The Morgan fingerprint density at radius 1 is 0.708 bits per heavy atom. The van der Waals surface area contributed by atoms with Crippen molar-refractivity contribution in [2.24, 2.45) is 0 Å². The maximum absolute atomic E-state index is 5.85. The number of methoxy groups -OCH3 is 2. The molecule has 0 aliphatic heterocycles. The quantitative estimate of drug-likeness (QED) is 0.609. The van der Waals surface area contributed by atoms with Gasteiger partial charge in [-0.1, -0.05) is 67.6 Å². The summed E-state index contributed by atoms with van der Waals surface area (Å²) >= 11 is 0. The minimum absolute atomic E-state index is 0.849. The number of aryl methyl sites for hydroxylation is 1. The SMILES string of the molecule is CCc1cc(-c2ccccc2)c(OC)c(-c2ccccc2)c1OC. The predicted molar refractivity (Wildman–Crippen MR) is 99.8 cm³/mol. The van der Waals surface area contributed by atoms with E-state index >= 15 is 0 Å². The van der Waals surface area contributed by atoms with Gasteiger partial charge in [-0.05, 0) is 29.2 Å². The van der Waals surface area contributed by atoms with Gasteiger partial charge in [-0.25, -0.2) is 0 Å². The third-order valence-electron chi connectivity index (χ3n) is 4.25. The van der Waals surface area contributed by atoms with Gasteiger partial charge in [-0.3, -0.25) is 0 Å². The van der Waals surface area contributed by atoms with Crippen molar-refractivity contribution >= 4 is 0 Å². The zero-order valence-electron chi connectivity index (χ0n) is 14.4. The Kier molecular flexibility index (Phi) is 4.85. The first-order valence-corrected chi connectivity index (χ1v) is 8.18. The molecule has 0 saturated heterocycles. The van der Waals surface area contributed by atoms with Gasteiger partial charge in [0.25, 0.3) is 0 Å². The lowest BCUT2D eigenvalue weighted by Gasteiger charge is -2.20. The molecular formula is C22H22O2. The first kappa shape index (κ1) is 16.1. The van der Waals surface area contributed by atoms with E-state index in [-0.39, 0.29) is 0 Å². The molecule has 3 aromatic rings. The van der Waals surface area contributed by atoms with Crippen molar-refractivity contribution in [1.82, 2.24) is 0 Å². The van der Waals surface area contributed by atoms with Crippen LogP contribution < -0.4 is 9.47 Å². The Hall–Kier alpha value is -2.74. The van der Waals surface area contributed by atoms with E-state index in [4.69, 9.17) is 9.47 Å². The largest absolute Gasteiger partial charge is 0.496 e. The van der Waals surface area contributed by atoms with Crippen LogP contribution in [-0.4, -0.2) is 14.2 Å². The van der Waals surface area contributed by atoms with Gasteiger partial charge in [-0.2, -0.15) is 0 Å². The molecule has 0 amide bonds. The van der Waals surface area contributed by atoms with E-state index in [0.717, 1.165) is 40.2 Å². The summed E-state index contributed by atoms with van der Waals surface area (Å²) in [6, 6.07) is 22.8. The van der Waals surface area contributed by atoms with Crippen LogP contribution in [0.15, 0.2) is 66.7 Å². The summed E-state index contributed by atoms with van der Waals surface area (Å²) in [4.78, 5) is 0. The van der Waals surface area contributed by atoms with Crippen LogP contribution in [0.1, 0.15) is 12.5 Å². The van der Waals surface area contributed by atoms with E-state index in [1.54, 1.807) is 14.2 Å². The topological polar surface area (TPSA) is 18.5 Å². The summed E-state index contributed by atoms with van der Waals surface area (Å²) in [5.74, 6) is 1.74. The van der Waals surface area contributed by atoms with Crippen molar-refractivity contribution in [2.45, 2.75) is 13.3 Å². The highest BCUT2D eigenvalue weighted by Gasteiger charge is 2.21. The molecule has 0 fully saturated rings. The van der Waals surface area contributed by atoms with E-state index in [2.05, 4.69) is 37.3 Å². The Balaban J connectivity index is 2.37. The summed E-state index contributed by atoms with van der Waals surface area (Å²) in [7, 11) is 3.45. The number of hydrogen-bond donors (Lipinski definition) is 0. The van der Waals surface area contributed by atoms with Gasteiger partial charge in [0.05, 0.1) is 19.8 Å². The molecule has 0 unspecified atom stereocenters. The van der Waals surface area contributed by atoms with Gasteiger partial charge >= 0.3 is 0 Å². The molecule has 0 atom stereocenters. The zero-order valence-corrected chi connectivity index (χ0v) is 14.4. The maximum Gasteiger partial charge on any atom is 0.138 e. The van der Waals surface area contributed by atoms with Gasteiger partial charge in [-0.15, -0.1) is 0 Å². The normalized spacial score (nSPS) is 10.5. The molecule has 0 saturated carbocycles. The van der Waals surface area contributed by atoms with Gasteiger partial charge in [0.15, 0.2) is 0 Å². The molecular weight excluding hydrogens is 296 g/mol. The highest BCUT2D eigenvalue weighted by atomic mass is 16.5. The van der Waals surface area contributed by atoms with Gasteiger partial charge in [0, 0.05) is 5.56 Å². The molecule has 2 heteroatoms. The second-order valence-electron chi connectivity index (χ2n) is 5.61. The van der Waals surface area contributed by atoms with E-state index in [1.165, 1.54) is 5.56 Å². The minimum Gasteiger partial charge on any atom is -0.496 e. The Labute approximate surface area is 143 Å². The van der Waals surface area contributed by atoms with Crippen molar-refractivity contribution in [3.63, 3.8) is 0 Å². The van der Waals surface area contributed by atoms with Crippen LogP contribution in [0.5, 0.6) is 11.5 Å². The second kappa shape index (κ2) is 7.22. The molecule has 24 heavy (non-hydrogen) atoms. The number of ether oxygens (including phenoxy) is 2. The lowest BCUT2D eigenvalue weighted by molar-refractivity contribution is 0.395. The average molecular weight is 318 g/mol. The summed E-state index contributed by atoms with van der Waals surface area (Å²) in [5, 5.41) is 0. The van der Waals surface area contributed by atoms with Crippen LogP contribution in [0.4, 0.5) is 0 Å². The fourth-order valence-electron chi connectivity index (χ4n) is 3.11. The molecule has 0 aromatic heterocycles. The third-order valence-corrected chi connectivity index (χ3v) is 4.25. The van der Waals surface area contributed by atoms with E-state index in [1.807, 2.05) is 36.4 Å². The standard InChI is InChI=1S/C22H22O2/c1-4-16-15-19(17-11-7-5-8-12-17)22(24-3)20(21(16)23-2)18-13-9-6-10-14-18/h5-15H,4H2,1-3H3. The maximum atomic E-state index is 5.85. The highest BCUT2D eigenvalue weighted by Crippen LogP contribution is 2.46. The van der Waals surface area contributed by atoms with Crippen molar-refractivity contribution < 1.29 is 9.47 Å². The molecule has 0 aliphatic carbocycles. The Morgan fingerprint density at radius 3 is 1.75 bits per heavy atom. The lowest BCUT2D eigenvalue weighted by atomic mass is 9.92. The lowest BCUT2D eigenvalue weighted by Crippen LogP contribution is -2.00. The minimum atomic E-state index is 0.849. The average Bonchev–Trinajstić information content (AvgIpc) is 2.67. The van der Waals surface area contributed by atoms with Crippen molar-refractivity contribution in [1.29, 1.82) is 0 Å². The summed E-state index contributed by atoms with van der Waals surface area (Å²) in [5.41, 5.74) is 5.52. The first-order valence-electron chi connectivity index (χ1n) is 8.18. The van der Waals surface area contributed by atoms with Gasteiger partial charge < -0.3 is 9.47 Å². The molecule has 2 nitrogen and oxygen atoms in total. The fraction of sp³-hybridized carbons (Fsp3) is 0.182. The van der Waals surface area contributed by atoms with Crippen molar-refractivity contribution in [3.8, 4) is 33.8 Å². The summed E-state index contributed by atoms with van der Waals surface area (Å²) < 4.78 is 11.6. The van der Waals surface area contributed by atoms with Gasteiger partial charge in [0.1, 0.15) is 11.5 Å². The molecule has 3 aromatic carbocycles. The van der Waals surface area contributed by atoms with E-state index in [9.17, 15) is 0 Å². The molecule has 0 heterocycles. The summed E-state index contributed by atoms with van der Waals surface area (Å²) in [6.45, 7) is 2.15. The van der Waals surface area contributed by atoms with E-state index in [0.29, 0.717) is 0 Å². The number of benzene rings is 3. The van der Waals surface area contributed by atoms with Crippen LogP contribution in [0, 0.1) is 0 Å². The molecule has 0 aliphatic rings. The van der Waals surface area contributed by atoms with Crippen molar-refractivity contribution in [2.75, 3.05) is 14.2 Å². The van der Waals surface area contributed by atoms with Crippen LogP contribution in [0.3, 0.4) is 0 Å². The first-order chi connectivity index (χ1) is 11.8. The molecule has 0 spiro atoms. The molecule has 0 N–H and O–H groups in total. The smallest absolute Gasteiger partial charge is 0.138 e. The van der Waals surface area contributed by atoms with E-state index < -0.39 is 0 Å². The highest BCUT2D eigenvalue weighted by molar-refractivity contribution is 5.88. The monoisotopic (exact) mass is 318 g/mol. The number of hydrogen-bond acceptors (Lipinski definition) is 2. The van der Waals surface area contributed by atoms with Crippen LogP contribution >= 0.6 is 0 Å². The van der Waals surface area contributed by atoms with Crippen LogP contribution in [-0.2, 0) is 6.42 Å². The van der Waals surface area contributed by atoms with Crippen molar-refractivity contribution in [3.05, 3.63) is 72.3 Å². The zero-order chi connectivity index (χ0) is 16.9.